The van der Waals surface area contributed by atoms with Gasteiger partial charge < -0.3 is 4.90 Å². The SMILES string of the molecule is O=C(Nc1nc(N2CCCCC2)n[nH]1)C1CCCN1S(=O)(=O)c1cccs1. The number of nitrogens with one attached hydrogen (secondary N) is 2. The first-order valence-electron chi connectivity index (χ1n) is 9.09. The quantitative estimate of drug-likeness (QED) is 0.775. The van der Waals surface area contributed by atoms with E-state index in [1.807, 2.05) is 0 Å². The lowest BCUT2D eigenvalue weighted by Gasteiger charge is -2.24. The van der Waals surface area contributed by atoms with Crippen molar-refractivity contribution < 1.29 is 13.2 Å². The summed E-state index contributed by atoms with van der Waals surface area (Å²) in [6.07, 6.45) is 4.56. The van der Waals surface area contributed by atoms with E-state index in [0.717, 1.165) is 37.3 Å². The van der Waals surface area contributed by atoms with Crippen molar-refractivity contribution in [2.24, 2.45) is 0 Å². The summed E-state index contributed by atoms with van der Waals surface area (Å²) in [7, 11) is -3.66. The van der Waals surface area contributed by atoms with Gasteiger partial charge in [0.25, 0.3) is 10.0 Å². The van der Waals surface area contributed by atoms with Gasteiger partial charge in [-0.2, -0.15) is 9.29 Å². The molecule has 9 nitrogen and oxygen atoms in total. The fourth-order valence-electron chi connectivity index (χ4n) is 3.56. The van der Waals surface area contributed by atoms with E-state index in [0.29, 0.717) is 25.3 Å². The molecule has 4 heterocycles. The lowest BCUT2D eigenvalue weighted by Crippen LogP contribution is -2.43. The minimum Gasteiger partial charge on any atom is -0.340 e. The van der Waals surface area contributed by atoms with E-state index in [9.17, 15) is 13.2 Å². The van der Waals surface area contributed by atoms with Gasteiger partial charge in [0.2, 0.25) is 17.8 Å². The number of amides is 1. The van der Waals surface area contributed by atoms with Gasteiger partial charge in [-0.25, -0.2) is 13.5 Å². The van der Waals surface area contributed by atoms with E-state index in [2.05, 4.69) is 25.4 Å². The summed E-state index contributed by atoms with van der Waals surface area (Å²) in [5.41, 5.74) is 0. The van der Waals surface area contributed by atoms with Gasteiger partial charge in [-0.1, -0.05) is 6.07 Å². The molecule has 2 fully saturated rings. The lowest BCUT2D eigenvalue weighted by atomic mass is 10.1. The molecule has 2 aromatic rings. The van der Waals surface area contributed by atoms with Crippen LogP contribution in [0.4, 0.5) is 11.9 Å². The Morgan fingerprint density at radius 1 is 1.22 bits per heavy atom. The number of rotatable bonds is 5. The maximum Gasteiger partial charge on any atom is 0.253 e. The highest BCUT2D eigenvalue weighted by Gasteiger charge is 2.40. The molecule has 2 N–H and O–H groups in total. The van der Waals surface area contributed by atoms with E-state index in [-0.39, 0.29) is 16.1 Å². The zero-order valence-corrected chi connectivity index (χ0v) is 16.4. The van der Waals surface area contributed by atoms with Gasteiger partial charge >= 0.3 is 0 Å². The van der Waals surface area contributed by atoms with Crippen molar-refractivity contribution in [1.29, 1.82) is 0 Å². The number of hydrogen-bond acceptors (Lipinski definition) is 7. The minimum absolute atomic E-state index is 0.251. The average Bonchev–Trinajstić information content (AvgIpc) is 3.42. The van der Waals surface area contributed by atoms with Crippen LogP contribution in [0.3, 0.4) is 0 Å². The molecule has 2 aromatic heterocycles. The number of carbonyl (C=O) groups excluding carboxylic acids is 1. The van der Waals surface area contributed by atoms with E-state index in [4.69, 9.17) is 0 Å². The highest BCUT2D eigenvalue weighted by atomic mass is 32.2. The lowest BCUT2D eigenvalue weighted by molar-refractivity contribution is -0.119. The van der Waals surface area contributed by atoms with Crippen LogP contribution in [0.5, 0.6) is 0 Å². The monoisotopic (exact) mass is 410 g/mol. The number of hydrogen-bond donors (Lipinski definition) is 2. The van der Waals surface area contributed by atoms with Crippen LogP contribution in [0.1, 0.15) is 32.1 Å². The van der Waals surface area contributed by atoms with Crippen LogP contribution in [-0.4, -0.2) is 59.5 Å². The van der Waals surface area contributed by atoms with Gasteiger partial charge in [-0.15, -0.1) is 16.4 Å². The zero-order chi connectivity index (χ0) is 18.9. The average molecular weight is 411 g/mol. The molecule has 2 aliphatic heterocycles. The molecule has 0 bridgehead atoms. The Kier molecular flexibility index (Phi) is 5.15. The van der Waals surface area contributed by atoms with Crippen LogP contribution in [0.15, 0.2) is 21.7 Å². The molecule has 11 heteroatoms. The minimum atomic E-state index is -3.66. The Morgan fingerprint density at radius 2 is 2.04 bits per heavy atom. The number of sulfonamides is 1. The molecule has 0 aromatic carbocycles. The highest BCUT2D eigenvalue weighted by Crippen LogP contribution is 2.29. The Hall–Kier alpha value is -1.98. The predicted octanol–water partition coefficient (Wildman–Crippen LogP) is 1.65. The fourth-order valence-corrected chi connectivity index (χ4v) is 6.34. The predicted molar refractivity (Wildman–Crippen MR) is 102 cm³/mol. The summed E-state index contributed by atoms with van der Waals surface area (Å²) in [5.74, 6) is 0.439. The largest absolute Gasteiger partial charge is 0.340 e. The van der Waals surface area contributed by atoms with Crippen LogP contribution < -0.4 is 10.2 Å². The van der Waals surface area contributed by atoms with Gasteiger partial charge in [0.1, 0.15) is 10.3 Å². The molecule has 0 radical (unpaired) electrons. The highest BCUT2D eigenvalue weighted by molar-refractivity contribution is 7.91. The Labute approximate surface area is 161 Å². The second-order valence-electron chi connectivity index (χ2n) is 6.73. The molecule has 1 amide bonds. The molecule has 2 aliphatic rings. The van der Waals surface area contributed by atoms with E-state index in [1.165, 1.54) is 10.7 Å². The van der Waals surface area contributed by atoms with Crippen LogP contribution >= 0.6 is 11.3 Å². The second kappa shape index (κ2) is 7.56. The van der Waals surface area contributed by atoms with Gasteiger partial charge in [-0.05, 0) is 43.6 Å². The van der Waals surface area contributed by atoms with E-state index >= 15 is 0 Å². The number of H-pyrrole nitrogens is 1. The third kappa shape index (κ3) is 3.71. The summed E-state index contributed by atoms with van der Waals surface area (Å²) in [5, 5.41) is 11.3. The Balaban J connectivity index is 1.45. The summed E-state index contributed by atoms with van der Waals surface area (Å²) >= 11 is 1.16. The van der Waals surface area contributed by atoms with Crippen LogP contribution in [0.25, 0.3) is 0 Å². The molecule has 2 saturated heterocycles. The molecule has 27 heavy (non-hydrogen) atoms. The second-order valence-corrected chi connectivity index (χ2v) is 9.79. The molecule has 146 valence electrons. The third-order valence-corrected chi connectivity index (χ3v) is 8.20. The first-order chi connectivity index (χ1) is 13.1. The van der Waals surface area contributed by atoms with Gasteiger partial charge in [0.15, 0.2) is 0 Å². The summed E-state index contributed by atoms with van der Waals surface area (Å²) in [4.78, 5) is 19.1. The van der Waals surface area contributed by atoms with Crippen LogP contribution in [0.2, 0.25) is 0 Å². The molecule has 1 unspecified atom stereocenters. The number of carbonyl (C=O) groups is 1. The van der Waals surface area contributed by atoms with Crippen molar-refractivity contribution in [3.63, 3.8) is 0 Å². The van der Waals surface area contributed by atoms with Crippen molar-refractivity contribution in [3.05, 3.63) is 17.5 Å². The number of anilines is 2. The van der Waals surface area contributed by atoms with Crippen molar-refractivity contribution in [2.75, 3.05) is 29.9 Å². The molecular weight excluding hydrogens is 388 g/mol. The number of aromatic amines is 1. The third-order valence-electron chi connectivity index (χ3n) is 4.92. The van der Waals surface area contributed by atoms with Crippen molar-refractivity contribution >= 4 is 39.2 Å². The van der Waals surface area contributed by atoms with E-state index in [1.54, 1.807) is 17.5 Å². The smallest absolute Gasteiger partial charge is 0.253 e. The summed E-state index contributed by atoms with van der Waals surface area (Å²) in [6.45, 7) is 2.15. The molecule has 1 atom stereocenters. The first kappa shape index (κ1) is 18.4. The molecule has 0 saturated carbocycles. The van der Waals surface area contributed by atoms with Crippen molar-refractivity contribution in [1.82, 2.24) is 19.5 Å². The standard InChI is InChI=1S/C16H22N6O3S2/c23-14(17-15-18-16(20-19-15)21-8-2-1-3-9-21)12-6-4-10-22(12)27(24,25)13-7-5-11-26-13/h5,7,11-12H,1-4,6,8-10H2,(H2,17,18,19,20,23). The van der Waals surface area contributed by atoms with Gasteiger partial charge in [0.05, 0.1) is 0 Å². The fraction of sp³-hybridized carbons (Fsp3) is 0.562. The molecular formula is C16H22N6O3S2. The number of piperidine rings is 1. The first-order valence-corrected chi connectivity index (χ1v) is 11.4. The van der Waals surface area contributed by atoms with Gasteiger partial charge in [-0.3, -0.25) is 10.1 Å². The van der Waals surface area contributed by atoms with Crippen molar-refractivity contribution in [3.8, 4) is 0 Å². The summed E-state index contributed by atoms with van der Waals surface area (Å²) < 4.78 is 27.1. The van der Waals surface area contributed by atoms with Gasteiger partial charge in [0, 0.05) is 19.6 Å². The summed E-state index contributed by atoms with van der Waals surface area (Å²) in [6, 6.07) is 2.52. The van der Waals surface area contributed by atoms with E-state index < -0.39 is 16.1 Å². The van der Waals surface area contributed by atoms with Crippen molar-refractivity contribution in [2.45, 2.75) is 42.4 Å². The number of nitrogens with zero attached hydrogens (tertiary/aromatic N) is 4. The van der Waals surface area contributed by atoms with Crippen LogP contribution in [0, 0.1) is 0 Å². The number of thiophene rings is 1. The van der Waals surface area contributed by atoms with Crippen LogP contribution in [-0.2, 0) is 14.8 Å². The molecule has 0 aliphatic carbocycles. The Bertz CT molecular complexity index is 889. The Morgan fingerprint density at radius 3 is 2.78 bits per heavy atom. The normalized spacial score (nSPS) is 21.5. The maximum atomic E-state index is 12.8. The zero-order valence-electron chi connectivity index (χ0n) is 14.8. The maximum absolute atomic E-state index is 12.8. The number of aromatic nitrogens is 3. The topological polar surface area (TPSA) is 111 Å². The molecule has 4 rings (SSSR count). The molecule has 0 spiro atoms.